The maximum absolute atomic E-state index is 11.9. The molecule has 0 bridgehead atoms. The predicted molar refractivity (Wildman–Crippen MR) is 71.5 cm³/mol. The van der Waals surface area contributed by atoms with Gasteiger partial charge < -0.3 is 5.11 Å². The first-order valence-corrected chi connectivity index (χ1v) is 8.09. The Morgan fingerprint density at radius 1 is 1.50 bits per heavy atom. The number of halogens is 1. The zero-order valence-electron chi connectivity index (χ0n) is 9.80. The number of rotatable bonds is 7. The van der Waals surface area contributed by atoms with Gasteiger partial charge in [-0.15, -0.1) is 11.3 Å². The van der Waals surface area contributed by atoms with E-state index in [1.807, 2.05) is 0 Å². The molecule has 1 heterocycles. The standard InChI is InChI=1S/C10H14ClNO4S2/c1-2-12(7-8-3-4-9(11)17-8)18(15,16)6-5-10(13)14/h3-4H,2,5-7H2,1H3,(H,13,14). The third-order valence-electron chi connectivity index (χ3n) is 2.28. The lowest BCUT2D eigenvalue weighted by Crippen LogP contribution is -2.32. The molecule has 0 saturated heterocycles. The van der Waals surface area contributed by atoms with Crippen molar-refractivity contribution in [2.45, 2.75) is 19.9 Å². The molecule has 1 aromatic rings. The zero-order chi connectivity index (χ0) is 13.8. The molecule has 8 heteroatoms. The van der Waals surface area contributed by atoms with E-state index in [1.165, 1.54) is 15.6 Å². The van der Waals surface area contributed by atoms with Crippen molar-refractivity contribution in [3.63, 3.8) is 0 Å². The number of hydrogen-bond acceptors (Lipinski definition) is 4. The van der Waals surface area contributed by atoms with Crippen molar-refractivity contribution in [3.05, 3.63) is 21.3 Å². The molecule has 1 aromatic heterocycles. The molecule has 102 valence electrons. The van der Waals surface area contributed by atoms with Crippen LogP contribution in [0, 0.1) is 0 Å². The molecular formula is C10H14ClNO4S2. The van der Waals surface area contributed by atoms with Crippen LogP contribution in [0.1, 0.15) is 18.2 Å². The quantitative estimate of drug-likeness (QED) is 0.836. The molecule has 1 N–H and O–H groups in total. The SMILES string of the molecule is CCN(Cc1ccc(Cl)s1)S(=O)(=O)CCC(=O)O. The average molecular weight is 312 g/mol. The zero-order valence-corrected chi connectivity index (χ0v) is 12.2. The van der Waals surface area contributed by atoms with E-state index >= 15 is 0 Å². The van der Waals surface area contributed by atoms with Crippen LogP contribution in [0.4, 0.5) is 0 Å². The van der Waals surface area contributed by atoms with Crippen molar-refractivity contribution >= 4 is 38.9 Å². The monoisotopic (exact) mass is 311 g/mol. The van der Waals surface area contributed by atoms with E-state index in [2.05, 4.69) is 0 Å². The van der Waals surface area contributed by atoms with Gasteiger partial charge in [-0.2, -0.15) is 4.31 Å². The third-order valence-corrected chi connectivity index (χ3v) is 5.39. The van der Waals surface area contributed by atoms with Crippen LogP contribution >= 0.6 is 22.9 Å². The van der Waals surface area contributed by atoms with Crippen LogP contribution in [0.5, 0.6) is 0 Å². The second-order valence-electron chi connectivity index (χ2n) is 3.59. The lowest BCUT2D eigenvalue weighted by molar-refractivity contribution is -0.136. The molecule has 0 radical (unpaired) electrons. The average Bonchev–Trinajstić information content (AvgIpc) is 2.69. The van der Waals surface area contributed by atoms with Gasteiger partial charge in [-0.3, -0.25) is 4.79 Å². The van der Waals surface area contributed by atoms with Gasteiger partial charge in [-0.1, -0.05) is 18.5 Å². The molecule has 0 aliphatic rings. The number of sulfonamides is 1. The van der Waals surface area contributed by atoms with Gasteiger partial charge in [-0.25, -0.2) is 8.42 Å². The smallest absolute Gasteiger partial charge is 0.304 e. The lowest BCUT2D eigenvalue weighted by Gasteiger charge is -2.19. The van der Waals surface area contributed by atoms with Gasteiger partial charge >= 0.3 is 5.97 Å². The first-order valence-electron chi connectivity index (χ1n) is 5.29. The molecule has 0 amide bonds. The van der Waals surface area contributed by atoms with Crippen LogP contribution in [0.25, 0.3) is 0 Å². The van der Waals surface area contributed by atoms with E-state index in [0.29, 0.717) is 10.9 Å². The molecule has 0 aromatic carbocycles. The number of thiophene rings is 1. The summed E-state index contributed by atoms with van der Waals surface area (Å²) in [5.41, 5.74) is 0. The Bertz CT molecular complexity index is 512. The first kappa shape index (κ1) is 15.4. The van der Waals surface area contributed by atoms with E-state index < -0.39 is 16.0 Å². The van der Waals surface area contributed by atoms with Crippen LogP contribution in [-0.2, 0) is 21.4 Å². The van der Waals surface area contributed by atoms with Gasteiger partial charge in [0.2, 0.25) is 10.0 Å². The highest BCUT2D eigenvalue weighted by Crippen LogP contribution is 2.23. The summed E-state index contributed by atoms with van der Waals surface area (Å²) >= 11 is 7.09. The maximum Gasteiger partial charge on any atom is 0.304 e. The largest absolute Gasteiger partial charge is 0.481 e. The lowest BCUT2D eigenvalue weighted by atomic mass is 10.4. The van der Waals surface area contributed by atoms with Gasteiger partial charge in [0.05, 0.1) is 16.5 Å². The predicted octanol–water partition coefficient (Wildman–Crippen LogP) is 2.03. The van der Waals surface area contributed by atoms with Gasteiger partial charge in [0.1, 0.15) is 0 Å². The van der Waals surface area contributed by atoms with Crippen LogP contribution in [0.2, 0.25) is 4.34 Å². The van der Waals surface area contributed by atoms with E-state index in [0.717, 1.165) is 4.88 Å². The number of aliphatic carboxylic acids is 1. The second kappa shape index (κ2) is 6.51. The minimum Gasteiger partial charge on any atom is -0.481 e. The summed E-state index contributed by atoms with van der Waals surface area (Å²) in [5.74, 6) is -1.50. The van der Waals surface area contributed by atoms with Gasteiger partial charge in [0, 0.05) is 18.0 Å². The van der Waals surface area contributed by atoms with Crippen molar-refractivity contribution in [1.29, 1.82) is 0 Å². The summed E-state index contributed by atoms with van der Waals surface area (Å²) in [6.45, 7) is 2.25. The molecule has 1 rings (SSSR count). The Labute approximate surface area is 115 Å². The molecular weight excluding hydrogens is 298 g/mol. The molecule has 0 unspecified atom stereocenters. The fourth-order valence-electron chi connectivity index (χ4n) is 1.36. The molecule has 0 spiro atoms. The van der Waals surface area contributed by atoms with Crippen molar-refractivity contribution < 1.29 is 18.3 Å². The number of carboxylic acid groups (broad SMARTS) is 1. The summed E-state index contributed by atoms with van der Waals surface area (Å²) in [7, 11) is -3.54. The number of hydrogen-bond donors (Lipinski definition) is 1. The Kier molecular flexibility index (Phi) is 5.58. The Morgan fingerprint density at radius 3 is 2.61 bits per heavy atom. The van der Waals surface area contributed by atoms with Crippen LogP contribution < -0.4 is 0 Å². The number of carboxylic acids is 1. The normalized spacial score (nSPS) is 11.9. The molecule has 0 atom stereocenters. The number of carbonyl (C=O) groups is 1. The highest BCUT2D eigenvalue weighted by atomic mass is 35.5. The fourth-order valence-corrected chi connectivity index (χ4v) is 3.97. The Hall–Kier alpha value is -0.630. The third kappa shape index (κ3) is 4.56. The minimum atomic E-state index is -3.54. The highest BCUT2D eigenvalue weighted by Gasteiger charge is 2.22. The summed E-state index contributed by atoms with van der Waals surface area (Å²) in [6.07, 6.45) is -0.385. The van der Waals surface area contributed by atoms with Crippen LogP contribution in [-0.4, -0.2) is 36.1 Å². The second-order valence-corrected chi connectivity index (χ2v) is 7.48. The summed E-state index contributed by atoms with van der Waals surface area (Å²) in [5, 5.41) is 8.53. The Morgan fingerprint density at radius 2 is 2.17 bits per heavy atom. The maximum atomic E-state index is 11.9. The highest BCUT2D eigenvalue weighted by molar-refractivity contribution is 7.89. The molecule has 0 fully saturated rings. The molecule has 0 saturated carbocycles. The van der Waals surface area contributed by atoms with Gasteiger partial charge in [0.25, 0.3) is 0 Å². The summed E-state index contributed by atoms with van der Waals surface area (Å²) in [4.78, 5) is 11.3. The molecule has 0 aliphatic heterocycles. The van der Waals surface area contributed by atoms with Crippen molar-refractivity contribution in [1.82, 2.24) is 4.31 Å². The number of nitrogens with zero attached hydrogens (tertiary/aromatic N) is 1. The summed E-state index contributed by atoms with van der Waals surface area (Å²) in [6, 6.07) is 3.47. The molecule has 0 aliphatic carbocycles. The van der Waals surface area contributed by atoms with Gasteiger partial charge in [-0.05, 0) is 12.1 Å². The topological polar surface area (TPSA) is 74.7 Å². The van der Waals surface area contributed by atoms with E-state index in [-0.39, 0.29) is 18.7 Å². The molecule has 18 heavy (non-hydrogen) atoms. The van der Waals surface area contributed by atoms with Crippen molar-refractivity contribution in [2.75, 3.05) is 12.3 Å². The molecule has 5 nitrogen and oxygen atoms in total. The van der Waals surface area contributed by atoms with Crippen LogP contribution in [0.15, 0.2) is 12.1 Å². The fraction of sp³-hybridized carbons (Fsp3) is 0.500. The summed E-state index contributed by atoms with van der Waals surface area (Å²) < 4.78 is 25.7. The van der Waals surface area contributed by atoms with E-state index in [4.69, 9.17) is 16.7 Å². The van der Waals surface area contributed by atoms with Crippen LogP contribution in [0.3, 0.4) is 0 Å². The van der Waals surface area contributed by atoms with E-state index in [9.17, 15) is 13.2 Å². The van der Waals surface area contributed by atoms with E-state index in [1.54, 1.807) is 19.1 Å². The first-order chi connectivity index (χ1) is 8.35. The van der Waals surface area contributed by atoms with Crippen molar-refractivity contribution in [2.24, 2.45) is 0 Å². The minimum absolute atomic E-state index is 0.232. The Balaban J connectivity index is 2.73. The van der Waals surface area contributed by atoms with Crippen molar-refractivity contribution in [3.8, 4) is 0 Å². The van der Waals surface area contributed by atoms with Gasteiger partial charge in [0.15, 0.2) is 0 Å².